The van der Waals surface area contributed by atoms with Gasteiger partial charge in [0.1, 0.15) is 6.04 Å². The number of amides is 2. The minimum absolute atomic E-state index is 0.264. The third-order valence-corrected chi connectivity index (χ3v) is 1.61. The number of carbonyl (C=O) groups is 2. The lowest BCUT2D eigenvalue weighted by Crippen LogP contribution is -2.45. The molecular weight excluding hydrogens is 200 g/mol. The summed E-state index contributed by atoms with van der Waals surface area (Å²) in [6.07, 6.45) is -0.591. The predicted molar refractivity (Wildman–Crippen MR) is 54.5 cm³/mol. The van der Waals surface area contributed by atoms with Gasteiger partial charge in [0.2, 0.25) is 5.91 Å². The van der Waals surface area contributed by atoms with Crippen LogP contribution in [0.2, 0.25) is 0 Å². The number of alkyl carbamates (subject to hydrolysis) is 1. The van der Waals surface area contributed by atoms with Gasteiger partial charge in [-0.05, 0) is 13.8 Å². The van der Waals surface area contributed by atoms with Crippen molar-refractivity contribution in [1.29, 1.82) is 0 Å². The van der Waals surface area contributed by atoms with Crippen molar-refractivity contribution in [2.24, 2.45) is 0 Å². The summed E-state index contributed by atoms with van der Waals surface area (Å²) in [5.41, 5.74) is 0. The van der Waals surface area contributed by atoms with Crippen molar-refractivity contribution in [2.75, 3.05) is 26.9 Å². The zero-order valence-electron chi connectivity index (χ0n) is 9.33. The normalized spacial score (nSPS) is 11.7. The standard InChI is InChI=1S/C9H18N2O4/c1-4-15-9(13)11-7(2)8(12)10-5-6-14-3/h7H,4-6H2,1-3H3,(H,10,12)(H,11,13). The van der Waals surface area contributed by atoms with E-state index in [9.17, 15) is 9.59 Å². The molecule has 2 amide bonds. The molecule has 0 aliphatic rings. The Morgan fingerprint density at radius 3 is 2.60 bits per heavy atom. The molecule has 0 spiro atoms. The summed E-state index contributed by atoms with van der Waals surface area (Å²) in [7, 11) is 1.55. The van der Waals surface area contributed by atoms with Crippen LogP contribution in [0, 0.1) is 0 Å². The highest BCUT2D eigenvalue weighted by Gasteiger charge is 2.14. The fraction of sp³-hybridized carbons (Fsp3) is 0.778. The van der Waals surface area contributed by atoms with Crippen LogP contribution in [0.25, 0.3) is 0 Å². The molecule has 1 atom stereocenters. The van der Waals surface area contributed by atoms with E-state index < -0.39 is 12.1 Å². The molecule has 0 aromatic carbocycles. The maximum Gasteiger partial charge on any atom is 0.407 e. The average Bonchev–Trinajstić information content (AvgIpc) is 2.18. The zero-order chi connectivity index (χ0) is 11.7. The van der Waals surface area contributed by atoms with Gasteiger partial charge in [0, 0.05) is 13.7 Å². The molecule has 0 saturated carbocycles. The van der Waals surface area contributed by atoms with Gasteiger partial charge in [0.15, 0.2) is 0 Å². The first-order chi connectivity index (χ1) is 7.11. The Morgan fingerprint density at radius 1 is 1.40 bits per heavy atom. The maximum atomic E-state index is 11.3. The zero-order valence-corrected chi connectivity index (χ0v) is 9.33. The molecule has 0 rings (SSSR count). The van der Waals surface area contributed by atoms with Crippen LogP contribution in [0.1, 0.15) is 13.8 Å². The second-order valence-electron chi connectivity index (χ2n) is 2.87. The highest BCUT2D eigenvalue weighted by atomic mass is 16.5. The van der Waals surface area contributed by atoms with Gasteiger partial charge in [-0.1, -0.05) is 0 Å². The Morgan fingerprint density at radius 2 is 2.07 bits per heavy atom. The first-order valence-electron chi connectivity index (χ1n) is 4.81. The molecule has 6 nitrogen and oxygen atoms in total. The lowest BCUT2D eigenvalue weighted by atomic mass is 10.3. The van der Waals surface area contributed by atoms with Crippen LogP contribution in [0.3, 0.4) is 0 Å². The van der Waals surface area contributed by atoms with E-state index in [4.69, 9.17) is 4.74 Å². The van der Waals surface area contributed by atoms with Crippen LogP contribution >= 0.6 is 0 Å². The monoisotopic (exact) mass is 218 g/mol. The summed E-state index contributed by atoms with van der Waals surface area (Å²) in [4.78, 5) is 22.3. The molecule has 0 radical (unpaired) electrons. The van der Waals surface area contributed by atoms with Gasteiger partial charge in [-0.25, -0.2) is 4.79 Å². The van der Waals surface area contributed by atoms with Crippen molar-refractivity contribution in [1.82, 2.24) is 10.6 Å². The molecule has 0 aromatic rings. The molecule has 1 unspecified atom stereocenters. The largest absolute Gasteiger partial charge is 0.450 e. The van der Waals surface area contributed by atoms with Gasteiger partial charge >= 0.3 is 6.09 Å². The second kappa shape index (κ2) is 8.05. The van der Waals surface area contributed by atoms with Gasteiger partial charge < -0.3 is 20.1 Å². The SMILES string of the molecule is CCOC(=O)NC(C)C(=O)NCCOC. The van der Waals surface area contributed by atoms with Crippen molar-refractivity contribution in [3.63, 3.8) is 0 Å². The molecule has 0 aliphatic carbocycles. The second-order valence-corrected chi connectivity index (χ2v) is 2.87. The molecule has 0 aliphatic heterocycles. The minimum atomic E-state index is -0.610. The molecule has 88 valence electrons. The van der Waals surface area contributed by atoms with Crippen LogP contribution in [-0.4, -0.2) is 44.9 Å². The molecule has 0 saturated heterocycles. The van der Waals surface area contributed by atoms with Crippen molar-refractivity contribution in [2.45, 2.75) is 19.9 Å². The lowest BCUT2D eigenvalue weighted by Gasteiger charge is -2.13. The number of nitrogens with one attached hydrogen (secondary N) is 2. The Labute approximate surface area is 89.3 Å². The number of rotatable bonds is 6. The van der Waals surface area contributed by atoms with Gasteiger partial charge in [-0.2, -0.15) is 0 Å². The van der Waals surface area contributed by atoms with E-state index in [0.29, 0.717) is 13.2 Å². The van der Waals surface area contributed by atoms with Crippen molar-refractivity contribution in [3.8, 4) is 0 Å². The third-order valence-electron chi connectivity index (χ3n) is 1.61. The van der Waals surface area contributed by atoms with Crippen molar-refractivity contribution in [3.05, 3.63) is 0 Å². The van der Waals surface area contributed by atoms with Gasteiger partial charge in [-0.3, -0.25) is 4.79 Å². The van der Waals surface area contributed by atoms with E-state index in [1.165, 1.54) is 0 Å². The first kappa shape index (κ1) is 13.7. The summed E-state index contributed by atoms with van der Waals surface area (Å²) in [6, 6.07) is -0.610. The smallest absolute Gasteiger partial charge is 0.407 e. The molecule has 0 heterocycles. The number of ether oxygens (including phenoxy) is 2. The van der Waals surface area contributed by atoms with E-state index in [0.717, 1.165) is 0 Å². The molecule has 0 bridgehead atoms. The van der Waals surface area contributed by atoms with Crippen LogP contribution in [0.15, 0.2) is 0 Å². The molecular formula is C9H18N2O4. The maximum absolute atomic E-state index is 11.3. The Bertz CT molecular complexity index is 208. The van der Waals surface area contributed by atoms with Crippen LogP contribution in [0.5, 0.6) is 0 Å². The van der Waals surface area contributed by atoms with E-state index in [-0.39, 0.29) is 12.5 Å². The first-order valence-corrected chi connectivity index (χ1v) is 4.81. The molecule has 2 N–H and O–H groups in total. The van der Waals surface area contributed by atoms with Crippen molar-refractivity contribution >= 4 is 12.0 Å². The third kappa shape index (κ3) is 6.73. The van der Waals surface area contributed by atoms with Crippen molar-refractivity contribution < 1.29 is 19.1 Å². The van der Waals surface area contributed by atoms with Crippen LogP contribution in [0.4, 0.5) is 4.79 Å². The van der Waals surface area contributed by atoms with Gasteiger partial charge in [-0.15, -0.1) is 0 Å². The molecule has 0 fully saturated rings. The Hall–Kier alpha value is -1.30. The lowest BCUT2D eigenvalue weighted by molar-refractivity contribution is -0.122. The number of hydrogen-bond donors (Lipinski definition) is 2. The number of carbonyl (C=O) groups excluding carboxylic acids is 2. The Balaban J connectivity index is 3.73. The fourth-order valence-electron chi connectivity index (χ4n) is 0.844. The van der Waals surface area contributed by atoms with E-state index in [1.54, 1.807) is 21.0 Å². The number of methoxy groups -OCH3 is 1. The summed E-state index contributed by atoms with van der Waals surface area (Å²) in [6.45, 7) is 4.42. The van der Waals surface area contributed by atoms with E-state index in [2.05, 4.69) is 15.4 Å². The topological polar surface area (TPSA) is 76.7 Å². The summed E-state index contributed by atoms with van der Waals surface area (Å²) >= 11 is 0. The van der Waals surface area contributed by atoms with E-state index in [1.807, 2.05) is 0 Å². The summed E-state index contributed by atoms with van der Waals surface area (Å²) < 4.78 is 9.40. The average molecular weight is 218 g/mol. The summed E-state index contributed by atoms with van der Waals surface area (Å²) in [5, 5.41) is 4.99. The highest BCUT2D eigenvalue weighted by molar-refractivity contribution is 5.85. The number of hydrogen-bond acceptors (Lipinski definition) is 4. The highest BCUT2D eigenvalue weighted by Crippen LogP contribution is 1.85. The minimum Gasteiger partial charge on any atom is -0.450 e. The quantitative estimate of drug-likeness (QED) is 0.609. The summed E-state index contributed by atoms with van der Waals surface area (Å²) in [5.74, 6) is -0.264. The molecule has 0 aromatic heterocycles. The van der Waals surface area contributed by atoms with E-state index >= 15 is 0 Å². The Kier molecular flexibility index (Phi) is 7.35. The predicted octanol–water partition coefficient (Wildman–Crippen LogP) is -0.116. The molecule has 6 heteroatoms. The fourth-order valence-corrected chi connectivity index (χ4v) is 0.844. The van der Waals surface area contributed by atoms with Crippen LogP contribution < -0.4 is 10.6 Å². The van der Waals surface area contributed by atoms with Gasteiger partial charge in [0.05, 0.1) is 13.2 Å². The molecule has 15 heavy (non-hydrogen) atoms. The van der Waals surface area contributed by atoms with Gasteiger partial charge in [0.25, 0.3) is 0 Å². The van der Waals surface area contributed by atoms with Crippen LogP contribution in [-0.2, 0) is 14.3 Å².